The van der Waals surface area contributed by atoms with Gasteiger partial charge >= 0.3 is 0 Å². The molecule has 0 aliphatic carbocycles. The van der Waals surface area contributed by atoms with Crippen LogP contribution in [0.25, 0.3) is 22.3 Å². The van der Waals surface area contributed by atoms with Gasteiger partial charge in [-0.2, -0.15) is 0 Å². The van der Waals surface area contributed by atoms with Crippen LogP contribution in [-0.4, -0.2) is 0 Å². The third kappa shape index (κ3) is 3.30. The number of benzene rings is 3. The average molecular weight is 322 g/mol. The molecule has 3 aromatic rings. The lowest BCUT2D eigenvalue weighted by molar-refractivity contribution is 1.31. The molecule has 0 amide bonds. The molecule has 0 heterocycles. The Kier molecular flexibility index (Phi) is 4.72. The highest BCUT2D eigenvalue weighted by Gasteiger charge is 2.03. The van der Waals surface area contributed by atoms with Gasteiger partial charge in [0.15, 0.2) is 0 Å². The van der Waals surface area contributed by atoms with Gasteiger partial charge < -0.3 is 0 Å². The molecule has 110 valence electrons. The third-order valence-electron chi connectivity index (χ3n) is 4.02. The summed E-state index contributed by atoms with van der Waals surface area (Å²) in [6, 6.07) is 24.1. The van der Waals surface area contributed by atoms with Crippen molar-refractivity contribution in [3.63, 3.8) is 0 Å². The summed E-state index contributed by atoms with van der Waals surface area (Å²) >= 11 is 0. The van der Waals surface area contributed by atoms with E-state index < -0.39 is 0 Å². The van der Waals surface area contributed by atoms with E-state index in [4.69, 9.17) is 0 Å². The Bertz CT molecular complexity index is 772. The van der Waals surface area contributed by atoms with Crippen molar-refractivity contribution >= 4 is 23.8 Å². The Morgan fingerprint density at radius 2 is 1.14 bits per heavy atom. The van der Waals surface area contributed by atoms with Crippen LogP contribution in [0.15, 0.2) is 66.7 Å². The molecule has 22 heavy (non-hydrogen) atoms. The van der Waals surface area contributed by atoms with Crippen LogP contribution in [0.2, 0.25) is 0 Å². The van der Waals surface area contributed by atoms with E-state index >= 15 is 0 Å². The molecular formula is C20H20P2. The molecule has 0 nitrogen and oxygen atoms in total. The Morgan fingerprint density at radius 1 is 0.682 bits per heavy atom. The predicted octanol–water partition coefficient (Wildman–Crippen LogP) is 5.20. The van der Waals surface area contributed by atoms with Crippen molar-refractivity contribution < 1.29 is 0 Å². The van der Waals surface area contributed by atoms with Crippen LogP contribution in [0.3, 0.4) is 0 Å². The molecule has 0 aliphatic rings. The van der Waals surface area contributed by atoms with E-state index in [1.165, 1.54) is 38.7 Å². The van der Waals surface area contributed by atoms with Gasteiger partial charge in [0.1, 0.15) is 0 Å². The molecule has 3 rings (SSSR count). The highest BCUT2D eigenvalue weighted by Crippen LogP contribution is 2.26. The van der Waals surface area contributed by atoms with Gasteiger partial charge in [0.2, 0.25) is 0 Å². The maximum atomic E-state index is 2.79. The van der Waals surface area contributed by atoms with Gasteiger partial charge in [-0.05, 0) is 51.8 Å². The van der Waals surface area contributed by atoms with Gasteiger partial charge in [0.25, 0.3) is 0 Å². The fourth-order valence-corrected chi connectivity index (χ4v) is 3.29. The van der Waals surface area contributed by atoms with Crippen molar-refractivity contribution in [2.24, 2.45) is 0 Å². The largest absolute Gasteiger partial charge is 0.133 e. The second-order valence-electron chi connectivity index (χ2n) is 5.54. The van der Waals surface area contributed by atoms with Crippen LogP contribution in [-0.2, 0) is 6.16 Å². The lowest BCUT2D eigenvalue weighted by Crippen LogP contribution is -1.88. The van der Waals surface area contributed by atoms with Gasteiger partial charge in [-0.1, -0.05) is 66.7 Å². The second-order valence-corrected chi connectivity index (χ2v) is 6.62. The first-order valence-electron chi connectivity index (χ1n) is 7.43. The molecule has 0 fully saturated rings. The summed E-state index contributed by atoms with van der Waals surface area (Å²) in [7, 11) is 5.52. The van der Waals surface area contributed by atoms with Crippen molar-refractivity contribution in [2.45, 2.75) is 13.1 Å². The second kappa shape index (κ2) is 6.74. The molecule has 3 aromatic carbocycles. The smallest absolute Gasteiger partial charge is 0.0126 e. The Labute approximate surface area is 137 Å². The fraction of sp³-hybridized carbons (Fsp3) is 0.100. The van der Waals surface area contributed by atoms with Gasteiger partial charge in [0.05, 0.1) is 0 Å². The summed E-state index contributed by atoms with van der Waals surface area (Å²) < 4.78 is 0. The van der Waals surface area contributed by atoms with Gasteiger partial charge in [-0.3, -0.25) is 0 Å². The van der Waals surface area contributed by atoms with E-state index in [1.807, 2.05) is 0 Å². The van der Waals surface area contributed by atoms with Gasteiger partial charge in [-0.25, -0.2) is 0 Å². The average Bonchev–Trinajstić information content (AvgIpc) is 2.56. The molecule has 0 aromatic heterocycles. The molecule has 0 bridgehead atoms. The van der Waals surface area contributed by atoms with Crippen molar-refractivity contribution in [3.05, 3.63) is 77.9 Å². The van der Waals surface area contributed by atoms with E-state index in [0.717, 1.165) is 6.16 Å². The topological polar surface area (TPSA) is 0 Å². The van der Waals surface area contributed by atoms with Crippen molar-refractivity contribution in [2.75, 3.05) is 0 Å². The zero-order valence-corrected chi connectivity index (χ0v) is 15.0. The summed E-state index contributed by atoms with van der Waals surface area (Å²) in [6.07, 6.45) is 1.01. The van der Waals surface area contributed by atoms with Crippen LogP contribution in [0.4, 0.5) is 0 Å². The predicted molar refractivity (Wildman–Crippen MR) is 105 cm³/mol. The van der Waals surface area contributed by atoms with Crippen LogP contribution in [0.5, 0.6) is 0 Å². The van der Waals surface area contributed by atoms with Crippen molar-refractivity contribution in [3.8, 4) is 22.3 Å². The summed E-state index contributed by atoms with van der Waals surface area (Å²) in [5, 5.41) is 1.21. The normalized spacial score (nSPS) is 10.7. The molecule has 2 atom stereocenters. The van der Waals surface area contributed by atoms with E-state index in [9.17, 15) is 0 Å². The molecule has 2 heteroatoms. The van der Waals surface area contributed by atoms with Crippen LogP contribution >= 0.6 is 18.5 Å². The summed E-state index contributed by atoms with van der Waals surface area (Å²) in [4.78, 5) is 0. The van der Waals surface area contributed by atoms with Crippen molar-refractivity contribution in [1.29, 1.82) is 0 Å². The Balaban J connectivity index is 1.91. The van der Waals surface area contributed by atoms with Crippen LogP contribution < -0.4 is 5.30 Å². The monoisotopic (exact) mass is 322 g/mol. The molecule has 0 radical (unpaired) electrons. The molecule has 0 spiro atoms. The first-order valence-corrected chi connectivity index (χ1v) is 8.83. The van der Waals surface area contributed by atoms with E-state index in [1.54, 1.807) is 0 Å². The lowest BCUT2D eigenvalue weighted by atomic mass is 9.98. The lowest BCUT2D eigenvalue weighted by Gasteiger charge is -2.08. The number of hydrogen-bond donors (Lipinski definition) is 0. The first-order chi connectivity index (χ1) is 10.7. The summed E-state index contributed by atoms with van der Waals surface area (Å²) in [6.45, 7) is 2.18. The standard InChI is InChI=1S/C20H20P2/c1-14-12-18(6-7-19(14)13-21)17-4-2-15(3-5-17)16-8-10-20(22)11-9-16/h2-12H,13,21-22H2,1H3. The molecule has 0 aliphatic heterocycles. The van der Waals surface area contributed by atoms with E-state index in [-0.39, 0.29) is 0 Å². The molecule has 0 N–H and O–H groups in total. The minimum absolute atomic E-state index is 1.01. The maximum Gasteiger partial charge on any atom is -0.0126 e. The Morgan fingerprint density at radius 3 is 1.64 bits per heavy atom. The number of hydrogen-bond acceptors (Lipinski definition) is 0. The molecular weight excluding hydrogens is 302 g/mol. The summed E-state index contributed by atoms with van der Waals surface area (Å²) in [5.41, 5.74) is 7.81. The van der Waals surface area contributed by atoms with E-state index in [2.05, 4.69) is 92.1 Å². The third-order valence-corrected chi connectivity index (χ3v) is 4.85. The minimum atomic E-state index is 1.01. The number of aryl methyl sites for hydroxylation is 1. The zero-order chi connectivity index (χ0) is 15.5. The zero-order valence-electron chi connectivity index (χ0n) is 12.7. The first kappa shape index (κ1) is 15.4. The van der Waals surface area contributed by atoms with E-state index in [0.29, 0.717) is 0 Å². The fourth-order valence-electron chi connectivity index (χ4n) is 2.64. The highest BCUT2D eigenvalue weighted by molar-refractivity contribution is 7.27. The van der Waals surface area contributed by atoms with Gasteiger partial charge in [0, 0.05) is 0 Å². The molecule has 0 saturated carbocycles. The minimum Gasteiger partial charge on any atom is -0.133 e. The molecule has 2 unspecified atom stereocenters. The number of rotatable bonds is 3. The Hall–Kier alpha value is -1.48. The van der Waals surface area contributed by atoms with Crippen LogP contribution in [0.1, 0.15) is 11.1 Å². The quantitative estimate of drug-likeness (QED) is 0.581. The summed E-state index contributed by atoms with van der Waals surface area (Å²) in [5.74, 6) is 0. The molecule has 0 saturated heterocycles. The maximum absolute atomic E-state index is 2.79. The van der Waals surface area contributed by atoms with Gasteiger partial charge in [-0.15, -0.1) is 18.5 Å². The highest BCUT2D eigenvalue weighted by atomic mass is 31.0. The SMILES string of the molecule is Cc1cc(-c2ccc(-c3ccc(P)cc3)cc2)ccc1CP. The van der Waals surface area contributed by atoms with Crippen LogP contribution in [0, 0.1) is 6.92 Å². The van der Waals surface area contributed by atoms with Crippen molar-refractivity contribution in [1.82, 2.24) is 0 Å².